The van der Waals surface area contributed by atoms with Crippen LogP contribution in [0.1, 0.15) is 11.3 Å². The van der Waals surface area contributed by atoms with E-state index in [2.05, 4.69) is 16.3 Å². The number of nitrogens with zero attached hydrogens (tertiary/aromatic N) is 4. The summed E-state index contributed by atoms with van der Waals surface area (Å²) in [7, 11) is 1.84. The number of hydrogen-bond donors (Lipinski definition) is 0. The van der Waals surface area contributed by atoms with Crippen LogP contribution in [0, 0.1) is 11.3 Å². The molecule has 0 unspecified atom stereocenters. The minimum atomic E-state index is 0.504. The smallest absolute Gasteiger partial charge is 0.169 e. The molecule has 0 N–H and O–H groups in total. The van der Waals surface area contributed by atoms with E-state index in [-0.39, 0.29) is 0 Å². The van der Waals surface area contributed by atoms with Crippen molar-refractivity contribution < 1.29 is 4.42 Å². The van der Waals surface area contributed by atoms with Gasteiger partial charge >= 0.3 is 0 Å². The molecule has 80 valence electrons. The molecule has 0 aromatic carbocycles. The molecule has 0 radical (unpaired) electrons. The van der Waals surface area contributed by atoms with Gasteiger partial charge in [0.25, 0.3) is 0 Å². The Morgan fingerprint density at radius 3 is 3.06 bits per heavy atom. The summed E-state index contributed by atoms with van der Waals surface area (Å²) in [6, 6.07) is 7.42. The second kappa shape index (κ2) is 4.45. The molecule has 2 aromatic heterocycles. The van der Waals surface area contributed by atoms with Crippen molar-refractivity contribution in [2.75, 3.05) is 11.9 Å². The second-order valence-electron chi connectivity index (χ2n) is 3.32. The SMILES string of the molecule is CN(Cc1ccco1)c1nnccc1C#N. The largest absolute Gasteiger partial charge is 0.467 e. The van der Waals surface area contributed by atoms with Crippen LogP contribution in [-0.4, -0.2) is 17.2 Å². The normalized spacial score (nSPS) is 9.75. The summed E-state index contributed by atoms with van der Waals surface area (Å²) in [5, 5.41) is 16.6. The Hall–Kier alpha value is -2.35. The van der Waals surface area contributed by atoms with Crippen molar-refractivity contribution in [2.45, 2.75) is 6.54 Å². The van der Waals surface area contributed by atoms with E-state index < -0.39 is 0 Å². The molecule has 0 amide bonds. The molecular weight excluding hydrogens is 204 g/mol. The first-order valence-corrected chi connectivity index (χ1v) is 4.76. The molecule has 2 rings (SSSR count). The first kappa shape index (κ1) is 10.2. The van der Waals surface area contributed by atoms with E-state index in [1.807, 2.05) is 24.1 Å². The molecule has 0 fully saturated rings. The van der Waals surface area contributed by atoms with Gasteiger partial charge in [0.1, 0.15) is 11.8 Å². The minimum Gasteiger partial charge on any atom is -0.467 e. The van der Waals surface area contributed by atoms with Crippen LogP contribution in [0.25, 0.3) is 0 Å². The quantitative estimate of drug-likeness (QED) is 0.776. The maximum absolute atomic E-state index is 8.93. The Morgan fingerprint density at radius 1 is 1.50 bits per heavy atom. The van der Waals surface area contributed by atoms with E-state index in [0.29, 0.717) is 17.9 Å². The Labute approximate surface area is 92.9 Å². The summed E-state index contributed by atoms with van der Waals surface area (Å²) in [5.74, 6) is 1.37. The summed E-state index contributed by atoms with van der Waals surface area (Å²) in [4.78, 5) is 1.82. The Kier molecular flexibility index (Phi) is 2.83. The highest BCUT2D eigenvalue weighted by atomic mass is 16.3. The number of nitriles is 1. The fraction of sp³-hybridized carbons (Fsp3) is 0.182. The summed E-state index contributed by atoms with van der Waals surface area (Å²) < 4.78 is 5.23. The molecule has 0 atom stereocenters. The van der Waals surface area contributed by atoms with Crippen LogP contribution >= 0.6 is 0 Å². The van der Waals surface area contributed by atoms with Gasteiger partial charge in [-0.05, 0) is 18.2 Å². The molecule has 0 aliphatic rings. The predicted molar refractivity (Wildman–Crippen MR) is 57.6 cm³/mol. The van der Waals surface area contributed by atoms with Crippen molar-refractivity contribution in [2.24, 2.45) is 0 Å². The number of rotatable bonds is 3. The van der Waals surface area contributed by atoms with E-state index in [1.165, 1.54) is 6.20 Å². The molecule has 2 heterocycles. The van der Waals surface area contributed by atoms with Crippen molar-refractivity contribution in [3.05, 3.63) is 42.0 Å². The zero-order valence-corrected chi connectivity index (χ0v) is 8.79. The van der Waals surface area contributed by atoms with Crippen LogP contribution in [0.2, 0.25) is 0 Å². The van der Waals surface area contributed by atoms with E-state index >= 15 is 0 Å². The number of hydrogen-bond acceptors (Lipinski definition) is 5. The van der Waals surface area contributed by atoms with Crippen molar-refractivity contribution in [1.29, 1.82) is 5.26 Å². The van der Waals surface area contributed by atoms with Crippen molar-refractivity contribution in [3.8, 4) is 6.07 Å². The standard InChI is InChI=1S/C11H10N4O/c1-15(8-10-3-2-6-16-10)11-9(7-12)4-5-13-14-11/h2-6H,8H2,1H3. The molecule has 2 aromatic rings. The van der Waals surface area contributed by atoms with Crippen molar-refractivity contribution in [3.63, 3.8) is 0 Å². The lowest BCUT2D eigenvalue weighted by atomic mass is 10.3. The molecule has 0 spiro atoms. The fourth-order valence-electron chi connectivity index (χ4n) is 1.40. The Balaban J connectivity index is 2.21. The zero-order valence-electron chi connectivity index (χ0n) is 8.79. The first-order valence-electron chi connectivity index (χ1n) is 4.76. The number of anilines is 1. The monoisotopic (exact) mass is 214 g/mol. The summed E-state index contributed by atoms with van der Waals surface area (Å²) in [5.41, 5.74) is 0.504. The topological polar surface area (TPSA) is 66.0 Å². The lowest BCUT2D eigenvalue weighted by Gasteiger charge is -2.16. The fourth-order valence-corrected chi connectivity index (χ4v) is 1.40. The maximum Gasteiger partial charge on any atom is 0.169 e. The molecule has 0 saturated heterocycles. The van der Waals surface area contributed by atoms with Gasteiger partial charge in [-0.15, -0.1) is 5.10 Å². The van der Waals surface area contributed by atoms with Crippen LogP contribution in [0.5, 0.6) is 0 Å². The van der Waals surface area contributed by atoms with Gasteiger partial charge in [0, 0.05) is 7.05 Å². The van der Waals surface area contributed by atoms with Gasteiger partial charge in [0.15, 0.2) is 5.82 Å². The molecular formula is C11H10N4O. The maximum atomic E-state index is 8.93. The lowest BCUT2D eigenvalue weighted by molar-refractivity contribution is 0.506. The van der Waals surface area contributed by atoms with Crippen LogP contribution in [0.15, 0.2) is 35.1 Å². The summed E-state index contributed by atoms with van der Waals surface area (Å²) in [6.45, 7) is 0.556. The third kappa shape index (κ3) is 2.01. The molecule has 0 aliphatic heterocycles. The van der Waals surface area contributed by atoms with E-state index in [9.17, 15) is 0 Å². The van der Waals surface area contributed by atoms with Crippen LogP contribution < -0.4 is 4.90 Å². The first-order chi connectivity index (χ1) is 7.81. The Bertz CT molecular complexity index is 501. The highest BCUT2D eigenvalue weighted by Crippen LogP contribution is 2.16. The number of aromatic nitrogens is 2. The van der Waals surface area contributed by atoms with Gasteiger partial charge < -0.3 is 9.32 Å². The average Bonchev–Trinajstić information content (AvgIpc) is 2.81. The minimum absolute atomic E-state index is 0.504. The zero-order chi connectivity index (χ0) is 11.4. The van der Waals surface area contributed by atoms with E-state index in [4.69, 9.17) is 9.68 Å². The predicted octanol–water partition coefficient (Wildman–Crippen LogP) is 1.58. The van der Waals surface area contributed by atoms with Crippen molar-refractivity contribution >= 4 is 5.82 Å². The van der Waals surface area contributed by atoms with Crippen LogP contribution in [0.4, 0.5) is 5.82 Å². The van der Waals surface area contributed by atoms with Gasteiger partial charge in [0.05, 0.1) is 24.6 Å². The molecule has 5 nitrogen and oxygen atoms in total. The second-order valence-corrected chi connectivity index (χ2v) is 3.32. The van der Waals surface area contributed by atoms with Gasteiger partial charge in [-0.1, -0.05) is 0 Å². The highest BCUT2D eigenvalue weighted by Gasteiger charge is 2.10. The van der Waals surface area contributed by atoms with Gasteiger partial charge in [-0.25, -0.2) is 0 Å². The lowest BCUT2D eigenvalue weighted by Crippen LogP contribution is -2.19. The van der Waals surface area contributed by atoms with Gasteiger partial charge in [-0.3, -0.25) is 0 Å². The van der Waals surface area contributed by atoms with Gasteiger partial charge in [0.2, 0.25) is 0 Å². The third-order valence-corrected chi connectivity index (χ3v) is 2.16. The van der Waals surface area contributed by atoms with Crippen LogP contribution in [0.3, 0.4) is 0 Å². The summed E-state index contributed by atoms with van der Waals surface area (Å²) >= 11 is 0. The third-order valence-electron chi connectivity index (χ3n) is 2.16. The molecule has 0 saturated carbocycles. The van der Waals surface area contributed by atoms with E-state index in [1.54, 1.807) is 12.3 Å². The highest BCUT2D eigenvalue weighted by molar-refractivity contribution is 5.51. The molecule has 0 aliphatic carbocycles. The average molecular weight is 214 g/mol. The van der Waals surface area contributed by atoms with Crippen molar-refractivity contribution in [1.82, 2.24) is 10.2 Å². The van der Waals surface area contributed by atoms with Gasteiger partial charge in [-0.2, -0.15) is 10.4 Å². The molecule has 0 bridgehead atoms. The van der Waals surface area contributed by atoms with Crippen LogP contribution in [-0.2, 0) is 6.54 Å². The molecule has 5 heteroatoms. The summed E-state index contributed by atoms with van der Waals surface area (Å²) in [6.07, 6.45) is 3.12. The molecule has 16 heavy (non-hydrogen) atoms. The Morgan fingerprint density at radius 2 is 2.38 bits per heavy atom. The van der Waals surface area contributed by atoms with E-state index in [0.717, 1.165) is 5.76 Å². The number of furan rings is 1.